The van der Waals surface area contributed by atoms with Crippen molar-refractivity contribution in [1.82, 2.24) is 9.78 Å². The Hall–Kier alpha value is -1.01. The molecule has 1 rings (SSSR count). The fourth-order valence-corrected chi connectivity index (χ4v) is 2.54. The lowest BCUT2D eigenvalue weighted by atomic mass is 10.3. The number of aryl methyl sites for hydroxylation is 2. The molecule has 1 atom stereocenters. The van der Waals surface area contributed by atoms with E-state index in [0.29, 0.717) is 5.75 Å². The molecule has 5 nitrogen and oxygen atoms in total. The van der Waals surface area contributed by atoms with E-state index in [4.69, 9.17) is 5.73 Å². The van der Waals surface area contributed by atoms with E-state index < -0.39 is 6.04 Å². The molecule has 0 spiro atoms. The quantitative estimate of drug-likeness (QED) is 0.755. The van der Waals surface area contributed by atoms with Crippen molar-refractivity contribution in [2.24, 2.45) is 5.73 Å². The van der Waals surface area contributed by atoms with Gasteiger partial charge in [-0.2, -0.15) is 16.9 Å². The highest BCUT2D eigenvalue weighted by Crippen LogP contribution is 2.15. The number of carbonyl (C=O) groups is 1. The van der Waals surface area contributed by atoms with Crippen LogP contribution >= 0.6 is 11.8 Å². The summed E-state index contributed by atoms with van der Waals surface area (Å²) in [5.41, 5.74) is 7.95. The number of aromatic nitrogens is 2. The number of ether oxygens (including phenoxy) is 1. The third-order valence-corrected chi connectivity index (χ3v) is 3.72. The van der Waals surface area contributed by atoms with Crippen molar-refractivity contribution in [1.29, 1.82) is 0 Å². The van der Waals surface area contributed by atoms with Crippen LogP contribution in [0.25, 0.3) is 0 Å². The maximum Gasteiger partial charge on any atom is 0.323 e. The average Bonchev–Trinajstić information content (AvgIpc) is 2.80. The number of hydrogen-bond donors (Lipinski definition) is 1. The summed E-state index contributed by atoms with van der Waals surface area (Å²) in [6, 6.07) is 1.56. The molecule has 1 aromatic heterocycles. The Morgan fingerprint density at radius 2 is 2.33 bits per heavy atom. The number of nitrogens with zero attached hydrogens (tertiary/aromatic N) is 2. The smallest absolute Gasteiger partial charge is 0.323 e. The Morgan fingerprint density at radius 1 is 1.61 bits per heavy atom. The molecular formula is C12H21N3O2S. The number of nitrogens with two attached hydrogens (primary N) is 1. The van der Waals surface area contributed by atoms with E-state index in [9.17, 15) is 4.79 Å². The highest BCUT2D eigenvalue weighted by atomic mass is 32.2. The number of hydrogen-bond acceptors (Lipinski definition) is 5. The van der Waals surface area contributed by atoms with Crippen molar-refractivity contribution in [3.63, 3.8) is 0 Å². The molecule has 0 amide bonds. The van der Waals surface area contributed by atoms with Gasteiger partial charge in [-0.05, 0) is 19.4 Å². The molecule has 0 aromatic carbocycles. The second-order valence-electron chi connectivity index (χ2n) is 3.94. The molecule has 0 saturated carbocycles. The van der Waals surface area contributed by atoms with Crippen LogP contribution in [0.4, 0.5) is 0 Å². The number of esters is 1. The summed E-state index contributed by atoms with van der Waals surface area (Å²) in [6.45, 7) is 5.02. The van der Waals surface area contributed by atoms with E-state index in [0.717, 1.165) is 24.4 Å². The summed E-state index contributed by atoms with van der Waals surface area (Å²) in [5.74, 6) is 1.01. The Bertz CT molecular complexity index is 393. The summed E-state index contributed by atoms with van der Waals surface area (Å²) in [5, 5.41) is 4.48. The molecule has 0 fully saturated rings. The van der Waals surface area contributed by atoms with Crippen LogP contribution in [0.2, 0.25) is 0 Å². The van der Waals surface area contributed by atoms with Gasteiger partial charge in [-0.3, -0.25) is 9.48 Å². The van der Waals surface area contributed by atoms with Gasteiger partial charge in [0.15, 0.2) is 0 Å². The lowest BCUT2D eigenvalue weighted by Crippen LogP contribution is -2.33. The van der Waals surface area contributed by atoms with Gasteiger partial charge in [0.05, 0.1) is 12.8 Å². The van der Waals surface area contributed by atoms with E-state index in [1.807, 2.05) is 4.68 Å². The first-order valence-corrected chi connectivity index (χ1v) is 7.24. The van der Waals surface area contributed by atoms with Crippen LogP contribution in [-0.2, 0) is 28.2 Å². The average molecular weight is 271 g/mol. The molecule has 1 heterocycles. The molecule has 0 radical (unpaired) electrons. The van der Waals surface area contributed by atoms with Gasteiger partial charge in [0.2, 0.25) is 0 Å². The van der Waals surface area contributed by atoms with Crippen LogP contribution in [0.1, 0.15) is 25.2 Å². The number of carbonyl (C=O) groups excluding carboxylic acids is 1. The first-order valence-electron chi connectivity index (χ1n) is 6.09. The topological polar surface area (TPSA) is 70.1 Å². The second kappa shape index (κ2) is 7.43. The maximum absolute atomic E-state index is 11.1. The molecular weight excluding hydrogens is 250 g/mol. The van der Waals surface area contributed by atoms with Crippen molar-refractivity contribution in [3.05, 3.63) is 17.5 Å². The van der Waals surface area contributed by atoms with E-state index in [2.05, 4.69) is 29.7 Å². The molecule has 102 valence electrons. The minimum atomic E-state index is -0.552. The van der Waals surface area contributed by atoms with Gasteiger partial charge in [-0.1, -0.05) is 6.92 Å². The first-order chi connectivity index (χ1) is 8.62. The van der Waals surface area contributed by atoms with Gasteiger partial charge < -0.3 is 10.5 Å². The van der Waals surface area contributed by atoms with Crippen LogP contribution in [0.5, 0.6) is 0 Å². The van der Waals surface area contributed by atoms with Crippen LogP contribution < -0.4 is 5.73 Å². The summed E-state index contributed by atoms with van der Waals surface area (Å²) in [4.78, 5) is 11.1. The van der Waals surface area contributed by atoms with E-state index in [1.165, 1.54) is 12.8 Å². The maximum atomic E-state index is 11.1. The number of rotatable bonds is 7. The molecule has 0 aliphatic heterocycles. The van der Waals surface area contributed by atoms with Crippen LogP contribution in [0.3, 0.4) is 0 Å². The van der Waals surface area contributed by atoms with Crippen molar-refractivity contribution in [2.45, 2.75) is 38.6 Å². The van der Waals surface area contributed by atoms with E-state index >= 15 is 0 Å². The second-order valence-corrected chi connectivity index (χ2v) is 4.97. The fraction of sp³-hybridized carbons (Fsp3) is 0.667. The predicted octanol–water partition coefficient (Wildman–Crippen LogP) is 1.20. The Labute approximate surface area is 112 Å². The van der Waals surface area contributed by atoms with Gasteiger partial charge in [0, 0.05) is 23.7 Å². The van der Waals surface area contributed by atoms with Gasteiger partial charge in [0.1, 0.15) is 6.04 Å². The minimum Gasteiger partial charge on any atom is -0.468 e. The molecule has 18 heavy (non-hydrogen) atoms. The van der Waals surface area contributed by atoms with Crippen LogP contribution in [0, 0.1) is 0 Å². The number of thioether (sulfide) groups is 1. The van der Waals surface area contributed by atoms with Crippen molar-refractivity contribution >= 4 is 17.7 Å². The molecule has 0 aliphatic rings. The summed E-state index contributed by atoms with van der Waals surface area (Å²) >= 11 is 1.62. The zero-order valence-electron chi connectivity index (χ0n) is 11.2. The Balaban J connectivity index is 2.48. The summed E-state index contributed by atoms with van der Waals surface area (Å²) < 4.78 is 6.58. The lowest BCUT2D eigenvalue weighted by Gasteiger charge is -2.09. The molecule has 1 aromatic rings. The third kappa shape index (κ3) is 4.03. The highest BCUT2D eigenvalue weighted by Gasteiger charge is 2.14. The zero-order chi connectivity index (χ0) is 13.5. The van der Waals surface area contributed by atoms with E-state index in [-0.39, 0.29) is 5.97 Å². The van der Waals surface area contributed by atoms with Crippen LogP contribution in [-0.4, -0.2) is 34.7 Å². The molecule has 6 heteroatoms. The molecule has 0 bridgehead atoms. The highest BCUT2D eigenvalue weighted by molar-refractivity contribution is 7.98. The van der Waals surface area contributed by atoms with Gasteiger partial charge >= 0.3 is 5.97 Å². The summed E-state index contributed by atoms with van der Waals surface area (Å²) in [6.07, 6.45) is 0.937. The van der Waals surface area contributed by atoms with E-state index in [1.54, 1.807) is 11.8 Å². The number of methoxy groups -OCH3 is 1. The van der Waals surface area contributed by atoms with Crippen molar-refractivity contribution < 1.29 is 9.53 Å². The zero-order valence-corrected chi connectivity index (χ0v) is 12.0. The molecule has 0 aliphatic carbocycles. The Morgan fingerprint density at radius 3 is 2.89 bits per heavy atom. The monoisotopic (exact) mass is 271 g/mol. The first kappa shape index (κ1) is 15.0. The van der Waals surface area contributed by atoms with Crippen molar-refractivity contribution in [2.75, 3.05) is 12.9 Å². The van der Waals surface area contributed by atoms with Gasteiger partial charge in [-0.15, -0.1) is 0 Å². The summed E-state index contributed by atoms with van der Waals surface area (Å²) in [7, 11) is 1.35. The fourth-order valence-electron chi connectivity index (χ4n) is 1.59. The normalized spacial score (nSPS) is 12.4. The van der Waals surface area contributed by atoms with Gasteiger partial charge in [0.25, 0.3) is 0 Å². The third-order valence-electron chi connectivity index (χ3n) is 2.63. The van der Waals surface area contributed by atoms with Gasteiger partial charge in [-0.25, -0.2) is 0 Å². The molecule has 0 saturated heterocycles. The predicted molar refractivity (Wildman–Crippen MR) is 73.4 cm³/mol. The largest absolute Gasteiger partial charge is 0.468 e. The Kier molecular flexibility index (Phi) is 6.21. The lowest BCUT2D eigenvalue weighted by molar-refractivity contribution is -0.141. The molecule has 1 unspecified atom stereocenters. The van der Waals surface area contributed by atoms with Crippen LogP contribution in [0.15, 0.2) is 6.07 Å². The SMILES string of the molecule is CCc1cc(CSCC(N)C(=O)OC)n(CC)n1. The minimum absolute atomic E-state index is 0.360. The molecule has 2 N–H and O–H groups in total. The standard InChI is InChI=1S/C12H21N3O2S/c1-4-9-6-10(15(5-2)14-9)7-18-8-11(13)12(16)17-3/h6,11H,4-5,7-8,13H2,1-3H3. The van der Waals surface area contributed by atoms with Crippen molar-refractivity contribution in [3.8, 4) is 0 Å².